The molecule has 0 aliphatic rings. The fourth-order valence-corrected chi connectivity index (χ4v) is 2.29. The molecule has 1 heterocycles. The van der Waals surface area contributed by atoms with Gasteiger partial charge >= 0.3 is 12.3 Å². The van der Waals surface area contributed by atoms with E-state index < -0.39 is 25.0 Å². The monoisotopic (exact) mass is 286 g/mol. The Hall–Kier alpha value is -0.700. The van der Waals surface area contributed by atoms with Crippen molar-refractivity contribution in [3.63, 3.8) is 0 Å². The maximum absolute atomic E-state index is 12.6. The average molecular weight is 286 g/mol. The van der Waals surface area contributed by atoms with E-state index >= 15 is 0 Å². The molecule has 3 N–H and O–H groups in total. The summed E-state index contributed by atoms with van der Waals surface area (Å²) in [4.78, 5) is 0.831. The molecule has 1 unspecified atom stereocenters. The number of nitrogens with two attached hydrogens (primary N) is 1. The predicted molar refractivity (Wildman–Crippen MR) is 60.9 cm³/mol. The molecule has 1 atom stereocenters. The van der Waals surface area contributed by atoms with Crippen LogP contribution in [-0.2, 0) is 4.74 Å². The molecule has 1 aromatic rings. The second kappa shape index (κ2) is 6.46. The van der Waals surface area contributed by atoms with Gasteiger partial charge in [-0.3, -0.25) is 5.84 Å². The summed E-state index contributed by atoms with van der Waals surface area (Å²) < 4.78 is 53.6. The third kappa shape index (κ3) is 3.91. The van der Waals surface area contributed by atoms with Gasteiger partial charge in [0.1, 0.15) is 6.61 Å². The number of nitrogens with one attached hydrogen (secondary N) is 1. The summed E-state index contributed by atoms with van der Waals surface area (Å²) in [6.45, 7) is 0.317. The summed E-state index contributed by atoms with van der Waals surface area (Å²) in [6.07, 6.45) is -3.73. The largest absolute Gasteiger partial charge is 0.373 e. The van der Waals surface area contributed by atoms with Crippen LogP contribution in [0.3, 0.4) is 0 Å². The first kappa shape index (κ1) is 15.4. The Morgan fingerprint density at radius 2 is 2.17 bits per heavy atom. The van der Waals surface area contributed by atoms with E-state index in [1.807, 2.05) is 18.4 Å². The topological polar surface area (TPSA) is 47.3 Å². The van der Waals surface area contributed by atoms with Crippen molar-refractivity contribution in [3.8, 4) is 0 Å². The van der Waals surface area contributed by atoms with E-state index in [1.54, 1.807) is 0 Å². The molecule has 0 fully saturated rings. The van der Waals surface area contributed by atoms with E-state index in [9.17, 15) is 17.6 Å². The fourth-order valence-electron chi connectivity index (χ4n) is 1.32. The van der Waals surface area contributed by atoms with E-state index in [0.29, 0.717) is 0 Å². The Labute approximate surface area is 106 Å². The molecule has 3 nitrogen and oxygen atoms in total. The molecule has 18 heavy (non-hydrogen) atoms. The zero-order chi connectivity index (χ0) is 13.8. The molecule has 0 radical (unpaired) electrons. The van der Waals surface area contributed by atoms with E-state index in [1.165, 1.54) is 11.3 Å². The number of rotatable bonds is 7. The number of alkyl halides is 4. The maximum Gasteiger partial charge on any atom is 0.330 e. The van der Waals surface area contributed by atoms with Gasteiger partial charge < -0.3 is 4.74 Å². The lowest BCUT2D eigenvalue weighted by Crippen LogP contribution is -2.36. The molecule has 8 heteroatoms. The van der Waals surface area contributed by atoms with Crippen LogP contribution >= 0.6 is 11.3 Å². The first-order valence-corrected chi connectivity index (χ1v) is 6.00. The van der Waals surface area contributed by atoms with Crippen LogP contribution in [0, 0.1) is 6.92 Å². The van der Waals surface area contributed by atoms with Crippen LogP contribution in [0.1, 0.15) is 16.5 Å². The quantitative estimate of drug-likeness (QED) is 0.460. The van der Waals surface area contributed by atoms with Crippen molar-refractivity contribution in [2.45, 2.75) is 25.3 Å². The lowest BCUT2D eigenvalue weighted by molar-refractivity contribution is -0.167. The van der Waals surface area contributed by atoms with E-state index in [0.717, 1.165) is 10.4 Å². The minimum Gasteiger partial charge on any atom is -0.373 e. The van der Waals surface area contributed by atoms with Crippen molar-refractivity contribution in [2.24, 2.45) is 5.84 Å². The molecule has 0 saturated heterocycles. The molecule has 0 saturated carbocycles. The van der Waals surface area contributed by atoms with Crippen LogP contribution in [0.2, 0.25) is 0 Å². The number of ether oxygens (including phenoxy) is 1. The Kier molecular flexibility index (Phi) is 5.51. The number of thiophene rings is 1. The van der Waals surface area contributed by atoms with Crippen LogP contribution < -0.4 is 11.3 Å². The van der Waals surface area contributed by atoms with E-state index in [-0.39, 0.29) is 6.61 Å². The first-order valence-electron chi connectivity index (χ1n) is 5.12. The van der Waals surface area contributed by atoms with Gasteiger partial charge in [0, 0.05) is 4.88 Å². The third-order valence-electron chi connectivity index (χ3n) is 2.32. The van der Waals surface area contributed by atoms with Gasteiger partial charge in [-0.2, -0.15) is 8.78 Å². The van der Waals surface area contributed by atoms with Crippen LogP contribution in [0.5, 0.6) is 0 Å². The van der Waals surface area contributed by atoms with Crippen molar-refractivity contribution in [2.75, 3.05) is 13.2 Å². The second-order valence-electron chi connectivity index (χ2n) is 3.76. The maximum atomic E-state index is 12.6. The van der Waals surface area contributed by atoms with Crippen LogP contribution in [-0.4, -0.2) is 25.6 Å². The zero-order valence-corrected chi connectivity index (χ0v) is 10.4. The SMILES string of the molecule is Cc1ccsc1C(COCC(F)(F)C(F)F)NN. The van der Waals surface area contributed by atoms with Crippen LogP contribution in [0.15, 0.2) is 11.4 Å². The number of hydrazine groups is 1. The molecule has 0 amide bonds. The van der Waals surface area contributed by atoms with Gasteiger partial charge in [0.2, 0.25) is 0 Å². The minimum atomic E-state index is -4.14. The highest BCUT2D eigenvalue weighted by molar-refractivity contribution is 7.10. The van der Waals surface area contributed by atoms with Crippen molar-refractivity contribution in [3.05, 3.63) is 21.9 Å². The fraction of sp³-hybridized carbons (Fsp3) is 0.600. The third-order valence-corrected chi connectivity index (χ3v) is 3.45. The van der Waals surface area contributed by atoms with Gasteiger partial charge in [0.05, 0.1) is 12.6 Å². The van der Waals surface area contributed by atoms with Crippen molar-refractivity contribution in [1.29, 1.82) is 0 Å². The summed E-state index contributed by atoms with van der Waals surface area (Å²) in [5.41, 5.74) is 3.35. The highest BCUT2D eigenvalue weighted by Crippen LogP contribution is 2.26. The Balaban J connectivity index is 2.49. The number of hydrogen-bond donors (Lipinski definition) is 2. The molecular formula is C10H14F4N2OS. The molecule has 0 spiro atoms. The average Bonchev–Trinajstić information content (AvgIpc) is 2.71. The number of hydrogen-bond acceptors (Lipinski definition) is 4. The molecular weight excluding hydrogens is 272 g/mol. The summed E-state index contributed by atoms with van der Waals surface area (Å²) >= 11 is 1.39. The Morgan fingerprint density at radius 1 is 1.50 bits per heavy atom. The van der Waals surface area contributed by atoms with Gasteiger partial charge in [-0.25, -0.2) is 14.2 Å². The minimum absolute atomic E-state index is 0.194. The molecule has 0 aromatic carbocycles. The molecule has 0 bridgehead atoms. The molecule has 0 aliphatic heterocycles. The van der Waals surface area contributed by atoms with Gasteiger partial charge in [-0.1, -0.05) is 0 Å². The second-order valence-corrected chi connectivity index (χ2v) is 4.71. The molecule has 1 aromatic heterocycles. The highest BCUT2D eigenvalue weighted by atomic mass is 32.1. The first-order chi connectivity index (χ1) is 8.38. The van der Waals surface area contributed by atoms with Gasteiger partial charge in [0.15, 0.2) is 0 Å². The van der Waals surface area contributed by atoms with E-state index in [4.69, 9.17) is 5.84 Å². The predicted octanol–water partition coefficient (Wildman–Crippen LogP) is 2.48. The van der Waals surface area contributed by atoms with E-state index in [2.05, 4.69) is 10.2 Å². The molecule has 0 aliphatic carbocycles. The summed E-state index contributed by atoms with van der Waals surface area (Å²) in [5.74, 6) is 1.15. The van der Waals surface area contributed by atoms with Crippen molar-refractivity contribution >= 4 is 11.3 Å². The standard InChI is InChI=1S/C10H14F4N2OS/c1-6-2-3-18-8(6)7(16-15)4-17-5-10(13,14)9(11)12/h2-3,7,9,16H,4-5,15H2,1H3. The Morgan fingerprint density at radius 3 is 2.61 bits per heavy atom. The van der Waals surface area contributed by atoms with Gasteiger partial charge in [0.25, 0.3) is 0 Å². The normalized spacial score (nSPS) is 14.2. The lowest BCUT2D eigenvalue weighted by atomic mass is 10.2. The van der Waals surface area contributed by atoms with Gasteiger partial charge in [-0.05, 0) is 23.9 Å². The summed E-state index contributed by atoms with van der Waals surface area (Å²) in [5, 5.41) is 1.82. The molecule has 104 valence electrons. The van der Waals surface area contributed by atoms with Gasteiger partial charge in [-0.15, -0.1) is 11.3 Å². The number of halogens is 4. The summed E-state index contributed by atoms with van der Waals surface area (Å²) in [7, 11) is 0. The van der Waals surface area contributed by atoms with Crippen LogP contribution in [0.4, 0.5) is 17.6 Å². The van der Waals surface area contributed by atoms with Crippen molar-refractivity contribution < 1.29 is 22.3 Å². The zero-order valence-electron chi connectivity index (χ0n) is 9.63. The van der Waals surface area contributed by atoms with Crippen LogP contribution in [0.25, 0.3) is 0 Å². The highest BCUT2D eigenvalue weighted by Gasteiger charge is 2.41. The summed E-state index contributed by atoms with van der Waals surface area (Å²) in [6, 6.07) is 1.36. The molecule has 1 rings (SSSR count). The number of aryl methyl sites for hydroxylation is 1. The lowest BCUT2D eigenvalue weighted by Gasteiger charge is -2.19. The Bertz CT molecular complexity index is 373. The van der Waals surface area contributed by atoms with Crippen molar-refractivity contribution in [1.82, 2.24) is 5.43 Å². The smallest absolute Gasteiger partial charge is 0.330 e.